The lowest BCUT2D eigenvalue weighted by molar-refractivity contribution is 0.0787. The second-order valence-corrected chi connectivity index (χ2v) is 6.33. The zero-order valence-electron chi connectivity index (χ0n) is 12.6. The minimum atomic E-state index is 0.161. The number of carbonyl (C=O) groups is 1. The van der Waals surface area contributed by atoms with Gasteiger partial charge in [-0.05, 0) is 62.5 Å². The van der Waals surface area contributed by atoms with E-state index in [-0.39, 0.29) is 5.91 Å². The summed E-state index contributed by atoms with van der Waals surface area (Å²) in [7, 11) is 0. The summed E-state index contributed by atoms with van der Waals surface area (Å²) in [5.41, 5.74) is 7.78. The lowest BCUT2D eigenvalue weighted by Crippen LogP contribution is -2.30. The molecular weight excluding hydrogens is 262 g/mol. The number of carbonyl (C=O) groups excluding carboxylic acids is 1. The molecule has 21 heavy (non-hydrogen) atoms. The minimum absolute atomic E-state index is 0.161. The number of nitrogens with zero attached hydrogens (tertiary/aromatic N) is 2. The van der Waals surface area contributed by atoms with Crippen LogP contribution < -0.4 is 5.73 Å². The molecule has 3 rings (SSSR count). The summed E-state index contributed by atoms with van der Waals surface area (Å²) >= 11 is 0. The van der Waals surface area contributed by atoms with Crippen molar-refractivity contribution in [3.63, 3.8) is 0 Å². The fourth-order valence-corrected chi connectivity index (χ4v) is 3.39. The van der Waals surface area contributed by atoms with Crippen molar-refractivity contribution in [2.75, 3.05) is 32.7 Å². The van der Waals surface area contributed by atoms with Gasteiger partial charge in [0.15, 0.2) is 0 Å². The number of likely N-dealkylation sites (tertiary alicyclic amines) is 2. The van der Waals surface area contributed by atoms with Gasteiger partial charge in [-0.2, -0.15) is 0 Å². The van der Waals surface area contributed by atoms with E-state index >= 15 is 0 Å². The van der Waals surface area contributed by atoms with E-state index in [1.54, 1.807) is 0 Å². The van der Waals surface area contributed by atoms with E-state index in [0.29, 0.717) is 12.5 Å². The molecule has 0 bridgehead atoms. The van der Waals surface area contributed by atoms with Crippen LogP contribution in [0.3, 0.4) is 0 Å². The number of rotatable bonds is 4. The Balaban J connectivity index is 1.66. The minimum Gasteiger partial charge on any atom is -0.338 e. The molecule has 1 amide bonds. The quantitative estimate of drug-likeness (QED) is 0.917. The van der Waals surface area contributed by atoms with Gasteiger partial charge >= 0.3 is 0 Å². The summed E-state index contributed by atoms with van der Waals surface area (Å²) in [6, 6.07) is 8.14. The molecule has 1 atom stereocenters. The fourth-order valence-electron chi connectivity index (χ4n) is 3.39. The molecule has 4 heteroatoms. The molecular formula is C17H25N3O. The van der Waals surface area contributed by atoms with E-state index in [2.05, 4.69) is 17.0 Å². The van der Waals surface area contributed by atoms with Crippen molar-refractivity contribution in [3.8, 4) is 0 Å². The highest BCUT2D eigenvalue weighted by molar-refractivity contribution is 5.94. The number of hydrogen-bond acceptors (Lipinski definition) is 3. The van der Waals surface area contributed by atoms with E-state index in [0.717, 1.165) is 31.6 Å². The highest BCUT2D eigenvalue weighted by atomic mass is 16.2. The SMILES string of the molecule is NC[C@H]1CCN(C(=O)c2cccc(CN3CCCC3)c2)C1. The summed E-state index contributed by atoms with van der Waals surface area (Å²) in [5.74, 6) is 0.635. The van der Waals surface area contributed by atoms with Crippen LogP contribution in [0.25, 0.3) is 0 Å². The Morgan fingerprint density at radius 3 is 2.76 bits per heavy atom. The van der Waals surface area contributed by atoms with Gasteiger partial charge in [0.05, 0.1) is 0 Å². The van der Waals surface area contributed by atoms with E-state index < -0.39 is 0 Å². The summed E-state index contributed by atoms with van der Waals surface area (Å²) in [6.07, 6.45) is 3.63. The monoisotopic (exact) mass is 287 g/mol. The maximum Gasteiger partial charge on any atom is 0.253 e. The molecule has 0 unspecified atom stereocenters. The first kappa shape index (κ1) is 14.5. The van der Waals surface area contributed by atoms with Crippen molar-refractivity contribution in [1.82, 2.24) is 9.80 Å². The van der Waals surface area contributed by atoms with Crippen LogP contribution in [0.15, 0.2) is 24.3 Å². The van der Waals surface area contributed by atoms with Crippen molar-refractivity contribution in [1.29, 1.82) is 0 Å². The Hall–Kier alpha value is -1.39. The molecule has 2 saturated heterocycles. The largest absolute Gasteiger partial charge is 0.338 e. The summed E-state index contributed by atoms with van der Waals surface area (Å²) in [5, 5.41) is 0. The van der Waals surface area contributed by atoms with E-state index in [1.807, 2.05) is 17.0 Å². The highest BCUT2D eigenvalue weighted by Gasteiger charge is 2.26. The van der Waals surface area contributed by atoms with Crippen LogP contribution in [0.1, 0.15) is 35.2 Å². The molecule has 114 valence electrons. The molecule has 0 aromatic heterocycles. The molecule has 1 aromatic carbocycles. The third-order valence-electron chi connectivity index (χ3n) is 4.69. The fraction of sp³-hybridized carbons (Fsp3) is 0.588. The van der Waals surface area contributed by atoms with Crippen molar-refractivity contribution >= 4 is 5.91 Å². The van der Waals surface area contributed by atoms with Crippen LogP contribution in [-0.4, -0.2) is 48.4 Å². The third kappa shape index (κ3) is 3.44. The van der Waals surface area contributed by atoms with Gasteiger partial charge < -0.3 is 10.6 Å². The molecule has 2 aliphatic heterocycles. The number of nitrogens with two attached hydrogens (primary N) is 1. The Kier molecular flexibility index (Phi) is 4.56. The Labute approximate surface area is 126 Å². The van der Waals surface area contributed by atoms with Crippen LogP contribution >= 0.6 is 0 Å². The Morgan fingerprint density at radius 1 is 1.24 bits per heavy atom. The van der Waals surface area contributed by atoms with Gasteiger partial charge in [-0.15, -0.1) is 0 Å². The second-order valence-electron chi connectivity index (χ2n) is 6.33. The van der Waals surface area contributed by atoms with E-state index in [1.165, 1.54) is 31.5 Å². The number of benzene rings is 1. The van der Waals surface area contributed by atoms with E-state index in [9.17, 15) is 4.79 Å². The van der Waals surface area contributed by atoms with Crippen LogP contribution in [0.2, 0.25) is 0 Å². The molecule has 2 fully saturated rings. The standard InChI is InChI=1S/C17H25N3O/c18-11-15-6-9-20(13-15)17(21)16-5-3-4-14(10-16)12-19-7-1-2-8-19/h3-5,10,15H,1-2,6-9,11-13,18H2/t15-/m1/s1. The van der Waals surface area contributed by atoms with Crippen LogP contribution in [0.4, 0.5) is 0 Å². The van der Waals surface area contributed by atoms with Gasteiger partial charge in [0, 0.05) is 25.2 Å². The predicted octanol–water partition coefficient (Wildman–Crippen LogP) is 1.70. The molecule has 2 N–H and O–H groups in total. The predicted molar refractivity (Wildman–Crippen MR) is 84.0 cm³/mol. The van der Waals surface area contributed by atoms with Gasteiger partial charge in [-0.1, -0.05) is 12.1 Å². The van der Waals surface area contributed by atoms with Gasteiger partial charge in [-0.3, -0.25) is 9.69 Å². The summed E-state index contributed by atoms with van der Waals surface area (Å²) in [4.78, 5) is 17.0. The average molecular weight is 287 g/mol. The summed E-state index contributed by atoms with van der Waals surface area (Å²) < 4.78 is 0. The summed E-state index contributed by atoms with van der Waals surface area (Å²) in [6.45, 7) is 5.67. The van der Waals surface area contributed by atoms with Crippen LogP contribution in [0.5, 0.6) is 0 Å². The molecule has 1 aromatic rings. The molecule has 2 heterocycles. The van der Waals surface area contributed by atoms with Gasteiger partial charge in [0.2, 0.25) is 0 Å². The molecule has 0 spiro atoms. The van der Waals surface area contributed by atoms with Crippen molar-refractivity contribution in [2.24, 2.45) is 11.7 Å². The zero-order valence-corrected chi connectivity index (χ0v) is 12.6. The molecule has 0 saturated carbocycles. The van der Waals surface area contributed by atoms with Crippen molar-refractivity contribution in [3.05, 3.63) is 35.4 Å². The third-order valence-corrected chi connectivity index (χ3v) is 4.69. The molecule has 0 aliphatic carbocycles. The molecule has 0 radical (unpaired) electrons. The first-order chi connectivity index (χ1) is 10.3. The normalized spacial score (nSPS) is 22.9. The topological polar surface area (TPSA) is 49.6 Å². The lowest BCUT2D eigenvalue weighted by Gasteiger charge is -2.18. The molecule has 2 aliphatic rings. The van der Waals surface area contributed by atoms with Gasteiger partial charge in [-0.25, -0.2) is 0 Å². The van der Waals surface area contributed by atoms with E-state index in [4.69, 9.17) is 5.73 Å². The smallest absolute Gasteiger partial charge is 0.253 e. The van der Waals surface area contributed by atoms with Crippen molar-refractivity contribution < 1.29 is 4.79 Å². The highest BCUT2D eigenvalue weighted by Crippen LogP contribution is 2.19. The Bertz CT molecular complexity index is 497. The van der Waals surface area contributed by atoms with Gasteiger partial charge in [0.1, 0.15) is 0 Å². The number of amides is 1. The number of hydrogen-bond donors (Lipinski definition) is 1. The molecule has 4 nitrogen and oxygen atoms in total. The van der Waals surface area contributed by atoms with Crippen molar-refractivity contribution in [2.45, 2.75) is 25.8 Å². The van der Waals surface area contributed by atoms with Crippen LogP contribution in [-0.2, 0) is 6.54 Å². The zero-order chi connectivity index (χ0) is 14.7. The lowest BCUT2D eigenvalue weighted by atomic mass is 10.1. The average Bonchev–Trinajstić information content (AvgIpc) is 3.17. The first-order valence-electron chi connectivity index (χ1n) is 8.07. The van der Waals surface area contributed by atoms with Gasteiger partial charge in [0.25, 0.3) is 5.91 Å². The maximum absolute atomic E-state index is 12.6. The maximum atomic E-state index is 12.6. The van der Waals surface area contributed by atoms with Crippen LogP contribution in [0, 0.1) is 5.92 Å². The first-order valence-corrected chi connectivity index (χ1v) is 8.07. The second kappa shape index (κ2) is 6.58. The Morgan fingerprint density at radius 2 is 2.05 bits per heavy atom.